The molecule has 0 radical (unpaired) electrons. The quantitative estimate of drug-likeness (QED) is 0.654. The van der Waals surface area contributed by atoms with E-state index in [1.54, 1.807) is 0 Å². The van der Waals surface area contributed by atoms with E-state index in [1.165, 1.54) is 6.07 Å². The number of H-pyrrole nitrogens is 1. The van der Waals surface area contributed by atoms with Crippen LogP contribution in [0.1, 0.15) is 5.69 Å². The fourth-order valence-corrected chi connectivity index (χ4v) is 1.03. The summed E-state index contributed by atoms with van der Waals surface area (Å²) in [6.07, 6.45) is 0. The van der Waals surface area contributed by atoms with Gasteiger partial charge in [-0.2, -0.15) is 0 Å². The number of nitrogens with one attached hydrogen (secondary N) is 1. The van der Waals surface area contributed by atoms with Gasteiger partial charge in [-0.15, -0.1) is 11.6 Å². The molecule has 1 heterocycles. The van der Waals surface area contributed by atoms with Gasteiger partial charge < -0.3 is 0 Å². The maximum Gasteiger partial charge on any atom is 0.343 e. The monoisotopic (exact) mass is 194 g/mol. The Morgan fingerprint density at radius 3 is 2.73 bits per heavy atom. The van der Waals surface area contributed by atoms with Crippen LogP contribution in [0.5, 0.6) is 0 Å². The molecule has 4 nitrogen and oxygen atoms in total. The topological polar surface area (TPSA) is 54.9 Å². The highest BCUT2D eigenvalue weighted by Crippen LogP contribution is 1.97. The van der Waals surface area contributed by atoms with E-state index >= 15 is 0 Å². The summed E-state index contributed by atoms with van der Waals surface area (Å²) in [4.78, 5) is 23.3. The first-order valence-electron chi connectivity index (χ1n) is 2.72. The second kappa shape index (κ2) is 3.11. The van der Waals surface area contributed by atoms with Crippen LogP contribution >= 0.6 is 23.4 Å². The normalized spacial score (nSPS) is 10.0. The summed E-state index contributed by atoms with van der Waals surface area (Å²) < 4.78 is 0.772. The van der Waals surface area contributed by atoms with Crippen LogP contribution in [0.25, 0.3) is 0 Å². The lowest BCUT2D eigenvalue weighted by molar-refractivity contribution is 0.925. The average Bonchev–Trinajstić information content (AvgIpc) is 1.96. The Morgan fingerprint density at radius 2 is 2.18 bits per heavy atom. The van der Waals surface area contributed by atoms with Gasteiger partial charge in [0.2, 0.25) is 0 Å². The molecule has 0 spiro atoms. The molecule has 0 fully saturated rings. The minimum atomic E-state index is -0.671. The highest BCUT2D eigenvalue weighted by molar-refractivity contribution is 6.19. The molecule has 0 saturated carbocycles. The molecule has 0 aromatic carbocycles. The van der Waals surface area contributed by atoms with Crippen molar-refractivity contribution < 1.29 is 0 Å². The third-order valence-corrected chi connectivity index (χ3v) is 1.74. The van der Waals surface area contributed by atoms with Gasteiger partial charge in [0.05, 0.1) is 11.6 Å². The molecule has 0 atom stereocenters. The largest absolute Gasteiger partial charge is 0.343 e. The van der Waals surface area contributed by atoms with Crippen LogP contribution in [-0.2, 0) is 5.88 Å². The second-order valence-electron chi connectivity index (χ2n) is 1.84. The summed E-state index contributed by atoms with van der Waals surface area (Å²) in [5, 5.41) is 0. The molecule has 0 aliphatic rings. The number of hydrogen-bond donors (Lipinski definition) is 1. The van der Waals surface area contributed by atoms with Crippen molar-refractivity contribution in [2.45, 2.75) is 5.88 Å². The van der Waals surface area contributed by atoms with Gasteiger partial charge in [0.15, 0.2) is 0 Å². The van der Waals surface area contributed by atoms with Gasteiger partial charge in [0.1, 0.15) is 0 Å². The lowest BCUT2D eigenvalue weighted by atomic mass is 10.5. The van der Waals surface area contributed by atoms with Crippen molar-refractivity contribution in [2.24, 2.45) is 0 Å². The Balaban J connectivity index is 3.49. The van der Waals surface area contributed by atoms with Gasteiger partial charge in [-0.05, 0) is 0 Å². The van der Waals surface area contributed by atoms with Crippen molar-refractivity contribution in [3.8, 4) is 0 Å². The van der Waals surface area contributed by atoms with Crippen LogP contribution in [0, 0.1) is 0 Å². The van der Waals surface area contributed by atoms with Crippen molar-refractivity contribution >= 4 is 23.4 Å². The number of nitrogens with zero attached hydrogens (tertiary/aromatic N) is 1. The van der Waals surface area contributed by atoms with Crippen LogP contribution in [0.4, 0.5) is 0 Å². The van der Waals surface area contributed by atoms with Crippen molar-refractivity contribution in [3.05, 3.63) is 32.6 Å². The lowest BCUT2D eigenvalue weighted by Crippen LogP contribution is -2.27. The van der Waals surface area contributed by atoms with E-state index in [0.717, 1.165) is 4.09 Å². The molecule has 6 heteroatoms. The summed E-state index contributed by atoms with van der Waals surface area (Å²) in [7, 11) is 0. The Morgan fingerprint density at radius 1 is 1.55 bits per heavy atom. The highest BCUT2D eigenvalue weighted by atomic mass is 35.5. The van der Waals surface area contributed by atoms with Crippen molar-refractivity contribution in [2.75, 3.05) is 0 Å². The standard InChI is InChI=1S/C5H4Cl2N2O2/c6-2-3-1-4(10)8-5(11)9(3)7/h1H,2H2,(H,8,10,11). The van der Waals surface area contributed by atoms with Crippen LogP contribution in [-0.4, -0.2) is 9.07 Å². The number of halogens is 2. The first-order valence-corrected chi connectivity index (χ1v) is 3.60. The summed E-state index contributed by atoms with van der Waals surface area (Å²) in [6.45, 7) is 0. The van der Waals surface area contributed by atoms with Crippen LogP contribution in [0.3, 0.4) is 0 Å². The molecule has 0 bridgehead atoms. The van der Waals surface area contributed by atoms with E-state index < -0.39 is 11.2 Å². The molecule has 0 aliphatic heterocycles. The minimum absolute atomic E-state index is 0.0304. The SMILES string of the molecule is O=c1cc(CCl)n(Cl)c(=O)[nH]1. The third kappa shape index (κ3) is 1.64. The average molecular weight is 195 g/mol. The summed E-state index contributed by atoms with van der Waals surface area (Å²) in [5.41, 5.74) is -0.889. The van der Waals surface area contributed by atoms with Crippen molar-refractivity contribution in [1.82, 2.24) is 9.07 Å². The Hall–Kier alpha value is -0.740. The molecular weight excluding hydrogens is 191 g/mol. The molecule has 1 N–H and O–H groups in total. The van der Waals surface area contributed by atoms with Gasteiger partial charge in [-0.3, -0.25) is 9.78 Å². The van der Waals surface area contributed by atoms with Gasteiger partial charge in [-0.1, -0.05) is 0 Å². The van der Waals surface area contributed by atoms with E-state index in [-0.39, 0.29) is 11.6 Å². The van der Waals surface area contributed by atoms with Crippen LogP contribution in [0.2, 0.25) is 0 Å². The molecule has 60 valence electrons. The highest BCUT2D eigenvalue weighted by Gasteiger charge is 2.00. The molecule has 0 unspecified atom stereocenters. The van der Waals surface area contributed by atoms with Crippen molar-refractivity contribution in [3.63, 3.8) is 0 Å². The van der Waals surface area contributed by atoms with E-state index in [1.807, 2.05) is 4.98 Å². The predicted molar refractivity (Wildman–Crippen MR) is 42.1 cm³/mol. The summed E-state index contributed by atoms with van der Waals surface area (Å²) >= 11 is 10.8. The first kappa shape index (κ1) is 8.36. The zero-order valence-electron chi connectivity index (χ0n) is 5.30. The molecular formula is C5H4Cl2N2O2. The van der Waals surface area contributed by atoms with E-state index in [9.17, 15) is 9.59 Å². The molecule has 0 aliphatic carbocycles. The number of hydrogen-bond acceptors (Lipinski definition) is 2. The number of aromatic amines is 1. The van der Waals surface area contributed by atoms with E-state index in [2.05, 4.69) is 0 Å². The Kier molecular flexibility index (Phi) is 2.36. The Bertz CT molecular complexity index is 367. The third-order valence-electron chi connectivity index (χ3n) is 1.10. The minimum Gasteiger partial charge on any atom is -0.273 e. The van der Waals surface area contributed by atoms with Crippen molar-refractivity contribution in [1.29, 1.82) is 0 Å². The molecule has 1 rings (SSSR count). The maximum absolute atomic E-state index is 10.7. The zero-order valence-corrected chi connectivity index (χ0v) is 6.82. The summed E-state index contributed by atoms with van der Waals surface area (Å²) in [5.74, 6) is 0.0304. The fourth-order valence-electron chi connectivity index (χ4n) is 0.620. The van der Waals surface area contributed by atoms with Gasteiger partial charge in [0, 0.05) is 17.8 Å². The zero-order chi connectivity index (χ0) is 8.43. The number of aromatic nitrogens is 2. The van der Waals surface area contributed by atoms with Gasteiger partial charge >= 0.3 is 5.69 Å². The molecule has 0 saturated heterocycles. The first-order chi connectivity index (χ1) is 5.15. The molecule has 11 heavy (non-hydrogen) atoms. The van der Waals surface area contributed by atoms with Crippen LogP contribution in [0.15, 0.2) is 15.7 Å². The molecule has 1 aromatic rings. The fraction of sp³-hybridized carbons (Fsp3) is 0.200. The number of rotatable bonds is 1. The van der Waals surface area contributed by atoms with E-state index in [4.69, 9.17) is 23.4 Å². The van der Waals surface area contributed by atoms with Gasteiger partial charge in [-0.25, -0.2) is 8.88 Å². The number of alkyl halides is 1. The maximum atomic E-state index is 10.7. The smallest absolute Gasteiger partial charge is 0.273 e. The molecule has 0 amide bonds. The van der Waals surface area contributed by atoms with Gasteiger partial charge in [0.25, 0.3) is 5.56 Å². The Labute approximate surface area is 71.5 Å². The summed E-state index contributed by atoms with van der Waals surface area (Å²) in [6, 6.07) is 1.17. The predicted octanol–water partition coefficient (Wildman–Crippen LogP) is 0.277. The van der Waals surface area contributed by atoms with E-state index in [0.29, 0.717) is 0 Å². The van der Waals surface area contributed by atoms with Crippen LogP contribution < -0.4 is 11.2 Å². The second-order valence-corrected chi connectivity index (χ2v) is 2.45. The molecule has 1 aromatic heterocycles. The lowest BCUT2D eigenvalue weighted by Gasteiger charge is -1.97.